The molecule has 1 unspecified atom stereocenters. The second-order valence-electron chi connectivity index (χ2n) is 5.65. The largest absolute Gasteiger partial charge is 0.399 e. The van der Waals surface area contributed by atoms with E-state index in [2.05, 4.69) is 20.2 Å². The number of nitrogens with two attached hydrogens (primary N) is 1. The van der Waals surface area contributed by atoms with Gasteiger partial charge < -0.3 is 16.0 Å². The molecule has 0 bridgehead atoms. The van der Waals surface area contributed by atoms with Crippen LogP contribution in [0.1, 0.15) is 18.7 Å². The first-order chi connectivity index (χ1) is 10.2. The summed E-state index contributed by atoms with van der Waals surface area (Å²) in [6.07, 6.45) is 2.01. The first kappa shape index (κ1) is 13.9. The zero-order valence-corrected chi connectivity index (χ0v) is 12.2. The summed E-state index contributed by atoms with van der Waals surface area (Å²) < 4.78 is 0. The molecular formula is C15H21N5O. The maximum absolute atomic E-state index is 11.8. The van der Waals surface area contributed by atoms with Crippen molar-refractivity contribution in [1.82, 2.24) is 20.2 Å². The van der Waals surface area contributed by atoms with E-state index in [1.165, 1.54) is 0 Å². The highest BCUT2D eigenvalue weighted by atomic mass is 16.1. The van der Waals surface area contributed by atoms with Gasteiger partial charge in [-0.2, -0.15) is 0 Å². The highest BCUT2D eigenvalue weighted by Gasteiger charge is 2.25. The minimum absolute atomic E-state index is 0.0868. The summed E-state index contributed by atoms with van der Waals surface area (Å²) in [7, 11) is 1.70. The van der Waals surface area contributed by atoms with E-state index in [1.54, 1.807) is 7.05 Å². The van der Waals surface area contributed by atoms with Crippen molar-refractivity contribution in [3.8, 4) is 0 Å². The number of nitrogen functional groups attached to an aromatic ring is 1. The number of hydrogen-bond acceptors (Lipinski definition) is 4. The Morgan fingerprint density at radius 3 is 3.24 bits per heavy atom. The van der Waals surface area contributed by atoms with E-state index >= 15 is 0 Å². The minimum atomic E-state index is 0.0868. The Labute approximate surface area is 123 Å². The van der Waals surface area contributed by atoms with E-state index in [4.69, 9.17) is 5.73 Å². The van der Waals surface area contributed by atoms with Crippen LogP contribution in [-0.2, 0) is 11.3 Å². The van der Waals surface area contributed by atoms with Gasteiger partial charge >= 0.3 is 0 Å². The number of fused-ring (bicyclic) bond motifs is 1. The van der Waals surface area contributed by atoms with Crippen LogP contribution in [0.2, 0.25) is 0 Å². The lowest BCUT2D eigenvalue weighted by atomic mass is 9.97. The lowest BCUT2D eigenvalue weighted by Gasteiger charge is -2.31. The molecule has 2 heterocycles. The second-order valence-corrected chi connectivity index (χ2v) is 5.65. The van der Waals surface area contributed by atoms with Crippen LogP contribution in [0, 0.1) is 5.92 Å². The van der Waals surface area contributed by atoms with Crippen LogP contribution in [0.5, 0.6) is 0 Å². The fourth-order valence-corrected chi connectivity index (χ4v) is 2.98. The Kier molecular flexibility index (Phi) is 3.79. The zero-order chi connectivity index (χ0) is 14.8. The van der Waals surface area contributed by atoms with Crippen molar-refractivity contribution in [2.75, 3.05) is 25.9 Å². The molecule has 2 aromatic rings. The molecule has 6 nitrogen and oxygen atoms in total. The number of nitrogens with one attached hydrogen (secondary N) is 2. The molecule has 1 saturated heterocycles. The van der Waals surface area contributed by atoms with E-state index in [0.717, 1.165) is 55.0 Å². The van der Waals surface area contributed by atoms with E-state index in [1.807, 2.05) is 18.2 Å². The van der Waals surface area contributed by atoms with Gasteiger partial charge in [-0.3, -0.25) is 9.69 Å². The van der Waals surface area contributed by atoms with Gasteiger partial charge in [0.25, 0.3) is 0 Å². The fourth-order valence-electron chi connectivity index (χ4n) is 2.98. The topological polar surface area (TPSA) is 87.0 Å². The van der Waals surface area contributed by atoms with Gasteiger partial charge in [-0.05, 0) is 37.6 Å². The third kappa shape index (κ3) is 3.00. The Morgan fingerprint density at radius 1 is 1.57 bits per heavy atom. The van der Waals surface area contributed by atoms with Crippen LogP contribution in [0.15, 0.2) is 18.2 Å². The smallest absolute Gasteiger partial charge is 0.224 e. The maximum Gasteiger partial charge on any atom is 0.224 e. The van der Waals surface area contributed by atoms with E-state index in [9.17, 15) is 4.79 Å². The molecule has 21 heavy (non-hydrogen) atoms. The number of amides is 1. The molecule has 6 heteroatoms. The molecule has 1 aromatic heterocycles. The number of carbonyl (C=O) groups excluding carboxylic acids is 1. The van der Waals surface area contributed by atoms with Gasteiger partial charge in [0.1, 0.15) is 5.82 Å². The second kappa shape index (κ2) is 5.73. The van der Waals surface area contributed by atoms with Crippen molar-refractivity contribution in [2.45, 2.75) is 19.4 Å². The van der Waals surface area contributed by atoms with Crippen molar-refractivity contribution in [3.63, 3.8) is 0 Å². The van der Waals surface area contributed by atoms with Crippen molar-refractivity contribution in [3.05, 3.63) is 24.0 Å². The number of piperidine rings is 1. The Hall–Kier alpha value is -2.08. The number of benzene rings is 1. The van der Waals surface area contributed by atoms with Gasteiger partial charge in [-0.1, -0.05) is 0 Å². The molecule has 1 aromatic carbocycles. The predicted octanol–water partition coefficient (Wildman–Crippen LogP) is 1.10. The molecule has 0 saturated carbocycles. The lowest BCUT2D eigenvalue weighted by molar-refractivity contribution is -0.126. The molecule has 1 aliphatic heterocycles. The number of rotatable bonds is 3. The maximum atomic E-state index is 11.8. The van der Waals surface area contributed by atoms with Crippen LogP contribution in [-0.4, -0.2) is 40.9 Å². The highest BCUT2D eigenvalue weighted by Crippen LogP contribution is 2.20. The molecule has 0 aliphatic carbocycles. The number of hydrogen-bond donors (Lipinski definition) is 3. The van der Waals surface area contributed by atoms with Crippen molar-refractivity contribution >= 4 is 22.6 Å². The van der Waals surface area contributed by atoms with Crippen LogP contribution < -0.4 is 11.1 Å². The normalized spacial score (nSPS) is 19.8. The summed E-state index contributed by atoms with van der Waals surface area (Å²) >= 11 is 0. The summed E-state index contributed by atoms with van der Waals surface area (Å²) in [6.45, 7) is 2.54. The SMILES string of the molecule is CNC(=O)C1CCCN(Cc2nc3ccc(N)cc3[nH]2)C1. The van der Waals surface area contributed by atoms with Gasteiger partial charge in [0.05, 0.1) is 23.5 Å². The van der Waals surface area contributed by atoms with Crippen molar-refractivity contribution in [1.29, 1.82) is 0 Å². The van der Waals surface area contributed by atoms with Crippen LogP contribution in [0.25, 0.3) is 11.0 Å². The third-order valence-corrected chi connectivity index (χ3v) is 4.05. The number of carbonyl (C=O) groups is 1. The van der Waals surface area contributed by atoms with E-state index < -0.39 is 0 Å². The lowest BCUT2D eigenvalue weighted by Crippen LogP contribution is -2.41. The molecule has 3 rings (SSSR count). The molecule has 1 atom stereocenters. The van der Waals surface area contributed by atoms with Crippen molar-refractivity contribution in [2.24, 2.45) is 5.92 Å². The van der Waals surface area contributed by atoms with Gasteiger partial charge in [0.15, 0.2) is 0 Å². The molecule has 0 radical (unpaired) electrons. The first-order valence-corrected chi connectivity index (χ1v) is 7.34. The van der Waals surface area contributed by atoms with Gasteiger partial charge in [-0.25, -0.2) is 4.98 Å². The molecule has 1 fully saturated rings. The summed E-state index contributed by atoms with van der Waals surface area (Å²) in [6, 6.07) is 5.68. The number of imidazole rings is 1. The van der Waals surface area contributed by atoms with Gasteiger partial charge in [-0.15, -0.1) is 0 Å². The molecule has 0 spiro atoms. The van der Waals surface area contributed by atoms with Crippen LogP contribution in [0.3, 0.4) is 0 Å². The Balaban J connectivity index is 1.71. The monoisotopic (exact) mass is 287 g/mol. The summed E-state index contributed by atoms with van der Waals surface area (Å²) in [5.41, 5.74) is 8.41. The molecular weight excluding hydrogens is 266 g/mol. The summed E-state index contributed by atoms with van der Waals surface area (Å²) in [5, 5.41) is 2.74. The number of aromatic amines is 1. The number of nitrogens with zero attached hydrogens (tertiary/aromatic N) is 2. The van der Waals surface area contributed by atoms with Crippen LogP contribution >= 0.6 is 0 Å². The van der Waals surface area contributed by atoms with E-state index in [-0.39, 0.29) is 11.8 Å². The molecule has 1 aliphatic rings. The number of H-pyrrole nitrogens is 1. The van der Waals surface area contributed by atoms with Gasteiger partial charge in [0.2, 0.25) is 5.91 Å². The quantitative estimate of drug-likeness (QED) is 0.738. The van der Waals surface area contributed by atoms with E-state index in [0.29, 0.717) is 0 Å². The first-order valence-electron chi connectivity index (χ1n) is 7.34. The minimum Gasteiger partial charge on any atom is -0.399 e. The number of likely N-dealkylation sites (tertiary alicyclic amines) is 1. The number of anilines is 1. The molecule has 4 N–H and O–H groups in total. The Bertz CT molecular complexity index is 651. The fraction of sp³-hybridized carbons (Fsp3) is 0.467. The molecule has 112 valence electrons. The standard InChI is InChI=1S/C15H21N5O/c1-17-15(21)10-3-2-6-20(8-10)9-14-18-12-5-4-11(16)7-13(12)19-14/h4-5,7,10H,2-3,6,8-9,16H2,1H3,(H,17,21)(H,18,19). The van der Waals surface area contributed by atoms with Crippen LogP contribution in [0.4, 0.5) is 5.69 Å². The molecule has 1 amide bonds. The van der Waals surface area contributed by atoms with Crippen molar-refractivity contribution < 1.29 is 4.79 Å². The average Bonchev–Trinajstić information content (AvgIpc) is 2.88. The zero-order valence-electron chi connectivity index (χ0n) is 12.2. The average molecular weight is 287 g/mol. The number of aromatic nitrogens is 2. The highest BCUT2D eigenvalue weighted by molar-refractivity contribution is 5.79. The summed E-state index contributed by atoms with van der Waals surface area (Å²) in [4.78, 5) is 21.9. The van der Waals surface area contributed by atoms with Gasteiger partial charge in [0, 0.05) is 19.3 Å². The third-order valence-electron chi connectivity index (χ3n) is 4.05. The summed E-state index contributed by atoms with van der Waals surface area (Å²) in [5.74, 6) is 1.15. The predicted molar refractivity (Wildman–Crippen MR) is 82.6 cm³/mol. The Morgan fingerprint density at radius 2 is 2.43 bits per heavy atom.